The Kier molecular flexibility index (Phi) is 4.27. The van der Waals surface area contributed by atoms with Crippen LogP contribution in [0.5, 0.6) is 0 Å². The first-order valence-electron chi connectivity index (χ1n) is 5.96. The van der Waals surface area contributed by atoms with E-state index in [0.717, 1.165) is 6.07 Å². The summed E-state index contributed by atoms with van der Waals surface area (Å²) in [6.07, 6.45) is -4.52. The molecule has 1 heterocycles. The number of alkyl halides is 3. The summed E-state index contributed by atoms with van der Waals surface area (Å²) in [6, 6.07) is 0.867. The summed E-state index contributed by atoms with van der Waals surface area (Å²) in [5.74, 6) is -0.0327. The van der Waals surface area contributed by atoms with Gasteiger partial charge >= 0.3 is 6.18 Å². The molecule has 3 N–H and O–H groups in total. The van der Waals surface area contributed by atoms with Crippen molar-refractivity contribution in [2.24, 2.45) is 11.3 Å². The molecule has 0 aliphatic rings. The molecule has 1 atom stereocenters. The highest BCUT2D eigenvalue weighted by Crippen LogP contribution is 2.30. The van der Waals surface area contributed by atoms with Crippen molar-refractivity contribution in [1.82, 2.24) is 9.97 Å². The zero-order valence-electron chi connectivity index (χ0n) is 11.5. The van der Waals surface area contributed by atoms with Gasteiger partial charge in [-0.05, 0) is 11.3 Å². The van der Waals surface area contributed by atoms with Crippen LogP contribution >= 0.6 is 0 Å². The zero-order valence-corrected chi connectivity index (χ0v) is 11.5. The predicted molar refractivity (Wildman–Crippen MR) is 68.6 cm³/mol. The van der Waals surface area contributed by atoms with Gasteiger partial charge in [-0.3, -0.25) is 0 Å². The van der Waals surface area contributed by atoms with Gasteiger partial charge in [-0.2, -0.15) is 18.2 Å². The number of hydrogen-bond acceptors (Lipinski definition) is 4. The number of nitrogens with zero attached hydrogens (tertiary/aromatic N) is 2. The molecule has 1 unspecified atom stereocenters. The minimum atomic E-state index is -4.52. The van der Waals surface area contributed by atoms with Crippen molar-refractivity contribution in [3.8, 4) is 0 Å². The Morgan fingerprint density at radius 1 is 1.26 bits per heavy atom. The summed E-state index contributed by atoms with van der Waals surface area (Å²) in [7, 11) is 0. The molecule has 4 nitrogen and oxygen atoms in total. The van der Waals surface area contributed by atoms with E-state index in [1.54, 1.807) is 0 Å². The van der Waals surface area contributed by atoms with E-state index in [0.29, 0.717) is 6.54 Å². The average Bonchev–Trinajstić information content (AvgIpc) is 2.22. The summed E-state index contributed by atoms with van der Waals surface area (Å²) in [6.45, 7) is 8.72. The Balaban J connectivity index is 2.83. The van der Waals surface area contributed by atoms with Crippen LogP contribution < -0.4 is 11.1 Å². The first-order valence-corrected chi connectivity index (χ1v) is 5.96. The van der Waals surface area contributed by atoms with Gasteiger partial charge in [-0.1, -0.05) is 27.7 Å². The lowest BCUT2D eigenvalue weighted by atomic mass is 9.82. The largest absolute Gasteiger partial charge is 0.433 e. The quantitative estimate of drug-likeness (QED) is 0.890. The Morgan fingerprint density at radius 2 is 1.84 bits per heavy atom. The first-order chi connectivity index (χ1) is 8.50. The fraction of sp³-hybridized carbons (Fsp3) is 0.667. The molecule has 0 bridgehead atoms. The number of anilines is 2. The van der Waals surface area contributed by atoms with Crippen LogP contribution in [0.1, 0.15) is 33.4 Å². The SMILES string of the molecule is CC(CNc1cc(C(F)(F)F)nc(N)n1)C(C)(C)C. The minimum absolute atomic E-state index is 0.0540. The molecule has 0 amide bonds. The van der Waals surface area contributed by atoms with Crippen LogP contribution in [0.2, 0.25) is 0 Å². The second-order valence-electron chi connectivity index (χ2n) is 5.64. The topological polar surface area (TPSA) is 63.8 Å². The van der Waals surface area contributed by atoms with E-state index in [1.807, 2.05) is 6.92 Å². The lowest BCUT2D eigenvalue weighted by Gasteiger charge is -2.27. The molecule has 108 valence electrons. The number of nitrogens with one attached hydrogen (secondary N) is 1. The van der Waals surface area contributed by atoms with E-state index in [2.05, 4.69) is 36.1 Å². The molecule has 1 aromatic rings. The normalized spacial score (nSPS) is 14.3. The lowest BCUT2D eigenvalue weighted by molar-refractivity contribution is -0.141. The number of hydrogen-bond donors (Lipinski definition) is 2. The minimum Gasteiger partial charge on any atom is -0.370 e. The van der Waals surface area contributed by atoms with Crippen LogP contribution in [-0.2, 0) is 6.18 Å². The Labute approximate surface area is 110 Å². The van der Waals surface area contributed by atoms with Crippen molar-refractivity contribution in [2.45, 2.75) is 33.9 Å². The molecule has 7 heteroatoms. The molecule has 0 spiro atoms. The smallest absolute Gasteiger partial charge is 0.370 e. The molecule has 0 fully saturated rings. The number of aromatic nitrogens is 2. The van der Waals surface area contributed by atoms with E-state index < -0.39 is 11.9 Å². The van der Waals surface area contributed by atoms with Crippen molar-refractivity contribution in [2.75, 3.05) is 17.6 Å². The third-order valence-electron chi connectivity index (χ3n) is 3.10. The third-order valence-corrected chi connectivity index (χ3v) is 3.10. The molecule has 1 aromatic heterocycles. The van der Waals surface area contributed by atoms with Gasteiger partial charge in [0.1, 0.15) is 5.82 Å². The molecule has 0 radical (unpaired) electrons. The molecule has 0 aliphatic heterocycles. The molecule has 0 aromatic carbocycles. The van der Waals surface area contributed by atoms with E-state index in [1.165, 1.54) is 0 Å². The summed E-state index contributed by atoms with van der Waals surface area (Å²) < 4.78 is 37.7. The molecule has 1 rings (SSSR count). The first kappa shape index (κ1) is 15.5. The van der Waals surface area contributed by atoms with Crippen molar-refractivity contribution in [3.63, 3.8) is 0 Å². The summed E-state index contributed by atoms with van der Waals surface area (Å²) in [5, 5.41) is 2.87. The van der Waals surface area contributed by atoms with Gasteiger partial charge in [0.05, 0.1) is 0 Å². The van der Waals surface area contributed by atoms with E-state index in [9.17, 15) is 13.2 Å². The van der Waals surface area contributed by atoms with Crippen LogP contribution in [-0.4, -0.2) is 16.5 Å². The maximum absolute atomic E-state index is 12.6. The van der Waals surface area contributed by atoms with Gasteiger partial charge in [0, 0.05) is 12.6 Å². The standard InChI is InChI=1S/C12H19F3N4/c1-7(11(2,3)4)6-17-9-5-8(12(13,14)15)18-10(16)19-9/h5,7H,6H2,1-4H3,(H3,16,17,18,19). The molecule has 0 saturated heterocycles. The van der Waals surface area contributed by atoms with Gasteiger partial charge in [0.2, 0.25) is 5.95 Å². The van der Waals surface area contributed by atoms with Gasteiger partial charge < -0.3 is 11.1 Å². The predicted octanol–water partition coefficient (Wildman–Crippen LogP) is 3.17. The highest BCUT2D eigenvalue weighted by Gasteiger charge is 2.33. The summed E-state index contributed by atoms with van der Waals surface area (Å²) >= 11 is 0. The van der Waals surface area contributed by atoms with Crippen LogP contribution in [0.3, 0.4) is 0 Å². The van der Waals surface area contributed by atoms with Crippen LogP contribution in [0, 0.1) is 11.3 Å². The van der Waals surface area contributed by atoms with Crippen LogP contribution in [0.4, 0.5) is 24.9 Å². The number of rotatable bonds is 3. The van der Waals surface area contributed by atoms with Crippen LogP contribution in [0.15, 0.2) is 6.07 Å². The lowest BCUT2D eigenvalue weighted by Crippen LogP contribution is -2.25. The Bertz CT molecular complexity index is 438. The van der Waals surface area contributed by atoms with Gasteiger partial charge in [-0.25, -0.2) is 4.98 Å². The second-order valence-corrected chi connectivity index (χ2v) is 5.64. The highest BCUT2D eigenvalue weighted by atomic mass is 19.4. The fourth-order valence-corrected chi connectivity index (χ4v) is 1.27. The van der Waals surface area contributed by atoms with Gasteiger partial charge in [-0.15, -0.1) is 0 Å². The monoisotopic (exact) mass is 276 g/mol. The molecule has 19 heavy (non-hydrogen) atoms. The van der Waals surface area contributed by atoms with Gasteiger partial charge in [0.25, 0.3) is 0 Å². The Morgan fingerprint density at radius 3 is 2.32 bits per heavy atom. The number of nitrogens with two attached hydrogens (primary N) is 1. The molecule has 0 aliphatic carbocycles. The van der Waals surface area contributed by atoms with Crippen molar-refractivity contribution in [3.05, 3.63) is 11.8 Å². The number of halogens is 3. The Hall–Kier alpha value is -1.53. The summed E-state index contributed by atoms with van der Waals surface area (Å²) in [4.78, 5) is 6.94. The van der Waals surface area contributed by atoms with Crippen molar-refractivity contribution < 1.29 is 13.2 Å². The third kappa shape index (κ3) is 4.57. The van der Waals surface area contributed by atoms with E-state index >= 15 is 0 Å². The van der Waals surface area contributed by atoms with Gasteiger partial charge in [0.15, 0.2) is 5.69 Å². The molecular formula is C12H19F3N4. The average molecular weight is 276 g/mol. The van der Waals surface area contributed by atoms with Crippen molar-refractivity contribution >= 4 is 11.8 Å². The van der Waals surface area contributed by atoms with E-state index in [4.69, 9.17) is 5.73 Å². The van der Waals surface area contributed by atoms with Crippen LogP contribution in [0.25, 0.3) is 0 Å². The maximum atomic E-state index is 12.6. The summed E-state index contributed by atoms with van der Waals surface area (Å²) in [5.41, 5.74) is 4.30. The zero-order chi connectivity index (χ0) is 14.8. The maximum Gasteiger partial charge on any atom is 0.433 e. The molecule has 0 saturated carbocycles. The number of nitrogen functional groups attached to an aromatic ring is 1. The highest BCUT2D eigenvalue weighted by molar-refractivity contribution is 5.41. The molecular weight excluding hydrogens is 257 g/mol. The fourth-order valence-electron chi connectivity index (χ4n) is 1.27. The van der Waals surface area contributed by atoms with E-state index in [-0.39, 0.29) is 23.1 Å². The second kappa shape index (κ2) is 5.22. The van der Waals surface area contributed by atoms with Crippen molar-refractivity contribution in [1.29, 1.82) is 0 Å².